The van der Waals surface area contributed by atoms with Gasteiger partial charge >= 0.3 is 0 Å². The summed E-state index contributed by atoms with van der Waals surface area (Å²) in [6.45, 7) is 2.28. The second-order valence-electron chi connectivity index (χ2n) is 14.4. The second-order valence-corrected chi connectivity index (χ2v) is 22.4. The Morgan fingerprint density at radius 3 is 1.38 bits per heavy atom. The minimum Gasteiger partial charge on any atom is -0.487 e. The maximum Gasteiger partial charge on any atom is 0.123 e. The zero-order valence-corrected chi connectivity index (χ0v) is 36.1. The number of fused-ring (bicyclic) bond motifs is 2. The second kappa shape index (κ2) is 20.1. The van der Waals surface area contributed by atoms with Gasteiger partial charge in [-0.25, -0.2) is 0 Å². The molecule has 2 atom stereocenters. The van der Waals surface area contributed by atoms with Crippen molar-refractivity contribution >= 4 is 50.3 Å². The van der Waals surface area contributed by atoms with Crippen LogP contribution in [0.2, 0.25) is 0 Å². The minimum absolute atomic E-state index is 0. The molecule has 6 aromatic carbocycles. The first-order valence-electron chi connectivity index (χ1n) is 19.1. The van der Waals surface area contributed by atoms with Crippen LogP contribution in [0.3, 0.4) is 0 Å². The fourth-order valence-electron chi connectivity index (χ4n) is 7.99. The molecule has 1 aliphatic carbocycles. The maximum absolute atomic E-state index is 6.20. The van der Waals surface area contributed by atoms with Gasteiger partial charge in [0.25, 0.3) is 0 Å². The molecule has 1 heterocycles. The van der Waals surface area contributed by atoms with E-state index in [-0.39, 0.29) is 26.7 Å². The number of benzene rings is 6. The topological polar surface area (TPSA) is 9.23 Å². The van der Waals surface area contributed by atoms with E-state index in [1.54, 1.807) is 5.30 Å². The van der Waals surface area contributed by atoms with Gasteiger partial charge in [0.15, 0.2) is 0 Å². The van der Waals surface area contributed by atoms with E-state index in [0.29, 0.717) is 5.92 Å². The first kappa shape index (κ1) is 39.8. The Hall–Kier alpha value is -2.90. The number of ether oxygens (including phenoxy) is 1. The van der Waals surface area contributed by atoms with E-state index in [1.165, 1.54) is 77.1 Å². The molecule has 0 radical (unpaired) electrons. The predicted molar refractivity (Wildman–Crippen MR) is 236 cm³/mol. The molecule has 0 spiro atoms. The molecule has 2 aliphatic rings. The predicted octanol–water partition coefficient (Wildman–Crippen LogP) is 9.64. The third kappa shape index (κ3) is 10.7. The van der Waals surface area contributed by atoms with Crippen molar-refractivity contribution in [1.82, 2.24) is 0 Å². The molecule has 1 nitrogen and oxygen atoms in total. The van der Waals surface area contributed by atoms with Gasteiger partial charge in [0.2, 0.25) is 0 Å². The summed E-state index contributed by atoms with van der Waals surface area (Å²) in [6, 6.07) is 64.9. The van der Waals surface area contributed by atoms with Crippen LogP contribution in [-0.4, -0.2) is 30.2 Å². The third-order valence-electron chi connectivity index (χ3n) is 11.0. The van der Waals surface area contributed by atoms with Crippen molar-refractivity contribution in [3.63, 3.8) is 0 Å². The molecule has 6 aromatic rings. The fraction of sp³-hybridized carbons (Fsp3) is 0.229. The van der Waals surface area contributed by atoms with Crippen LogP contribution in [-0.2, 0) is 27.5 Å². The summed E-state index contributed by atoms with van der Waals surface area (Å²) in [5, 5.41) is 7.73. The molecule has 0 saturated heterocycles. The van der Waals surface area contributed by atoms with Gasteiger partial charge in [-0.2, -0.15) is 12.8 Å². The van der Waals surface area contributed by atoms with E-state index in [2.05, 4.69) is 189 Å². The normalized spacial score (nSPS) is 17.5. The molecule has 0 aromatic heterocycles. The van der Waals surface area contributed by atoms with E-state index in [4.69, 9.17) is 4.74 Å². The molecule has 274 valence electrons. The summed E-state index contributed by atoms with van der Waals surface area (Å²) >= 11 is 0. The number of hydrogen-bond donors (Lipinski definition) is 0. The Bertz CT molecular complexity index is 1760. The first-order chi connectivity index (χ1) is 25.7. The van der Waals surface area contributed by atoms with Crippen LogP contribution in [0.5, 0.6) is 5.75 Å². The van der Waals surface area contributed by atoms with Gasteiger partial charge in [0, 0.05) is 29.0 Å². The largest absolute Gasteiger partial charge is 0.487 e. The molecule has 0 unspecified atom stereocenters. The van der Waals surface area contributed by atoms with Crippen LogP contribution in [0.4, 0.5) is 0 Å². The van der Waals surface area contributed by atoms with Crippen LogP contribution < -0.4 is 31.3 Å². The van der Waals surface area contributed by atoms with Crippen molar-refractivity contribution in [1.29, 1.82) is 0 Å². The summed E-state index contributed by atoms with van der Waals surface area (Å²) in [5.41, 5.74) is 1.47. The molecule has 1 saturated carbocycles. The SMILES string of the molecule is C[C@]12CC[CH-]C[C@@H]1Cc1ccccc1O2.[Pt].c1ccc([PH+](CC[PH+](c2ccccc2)c2ccccc2)CC[PH+](c2ccccc2)c2ccccc2)cc1. The van der Waals surface area contributed by atoms with Crippen molar-refractivity contribution < 1.29 is 25.8 Å². The van der Waals surface area contributed by atoms with Crippen LogP contribution in [0, 0.1) is 12.3 Å². The fourth-order valence-corrected chi connectivity index (χ4v) is 18.1. The molecule has 0 amide bonds. The molecule has 0 bridgehead atoms. The molecule has 1 fully saturated rings. The van der Waals surface area contributed by atoms with E-state index in [0.717, 1.165) is 5.75 Å². The molecule has 53 heavy (non-hydrogen) atoms. The molecular weight excluding hydrogens is 881 g/mol. The Morgan fingerprint density at radius 1 is 0.528 bits per heavy atom. The quantitative estimate of drug-likeness (QED) is 0.0930. The molecular formula is C48H53OP3Pt+2. The minimum atomic E-state index is -0.809. The summed E-state index contributed by atoms with van der Waals surface area (Å²) < 4.78 is 6.20. The van der Waals surface area contributed by atoms with Gasteiger partial charge in [-0.1, -0.05) is 109 Å². The van der Waals surface area contributed by atoms with E-state index < -0.39 is 23.8 Å². The molecule has 8 rings (SSSR count). The van der Waals surface area contributed by atoms with Crippen molar-refractivity contribution in [2.75, 3.05) is 24.6 Å². The molecule has 1 aliphatic heterocycles. The van der Waals surface area contributed by atoms with Gasteiger partial charge in [-0.3, -0.25) is 0 Å². The summed E-state index contributed by atoms with van der Waals surface area (Å²) in [5.74, 6) is 1.79. The van der Waals surface area contributed by atoms with Crippen molar-refractivity contribution in [3.05, 3.63) is 188 Å². The Labute approximate surface area is 336 Å². The standard InChI is InChI=1S/C34H33P3.C14H17O.Pt/c1-6-16-30(17-7-1)35(26-28-36(31-18-8-2-9-19-31)32-20-10-3-11-21-32)27-29-37(33-22-12-4-13-23-33)34-24-14-5-15-25-34;1-14-9-5-4-7-12(14)10-11-6-2-3-8-13(11)15-14;/h1-25H,26-29H2;2-4,6,8,12H,5,7,9-10H2,1H3;/q;-1;/p+3/t;12-,14+;/m.1./s1. The maximum atomic E-state index is 6.20. The van der Waals surface area contributed by atoms with Gasteiger partial charge in [0.1, 0.15) is 23.7 Å². The van der Waals surface area contributed by atoms with E-state index in [9.17, 15) is 0 Å². The number of para-hydroxylation sites is 1. The molecule has 0 N–H and O–H groups in total. The van der Waals surface area contributed by atoms with Crippen LogP contribution in [0.25, 0.3) is 0 Å². The zero-order chi connectivity index (χ0) is 35.4. The Morgan fingerprint density at radius 2 is 0.925 bits per heavy atom. The summed E-state index contributed by atoms with van der Waals surface area (Å²) in [6.07, 6.45) is 12.4. The van der Waals surface area contributed by atoms with Crippen LogP contribution in [0.1, 0.15) is 31.7 Å². The van der Waals surface area contributed by atoms with E-state index >= 15 is 0 Å². The van der Waals surface area contributed by atoms with Gasteiger partial charge in [0.05, 0.1) is 54.7 Å². The number of hydrogen-bond acceptors (Lipinski definition) is 1. The Balaban J connectivity index is 0.000000249. The monoisotopic (exact) mass is 933 g/mol. The molecule has 5 heteroatoms. The van der Waals surface area contributed by atoms with Gasteiger partial charge in [-0.15, -0.1) is 0 Å². The average molecular weight is 934 g/mol. The first-order valence-corrected chi connectivity index (χ1v) is 24.4. The van der Waals surface area contributed by atoms with Crippen LogP contribution >= 0.6 is 23.8 Å². The van der Waals surface area contributed by atoms with Gasteiger partial charge in [-0.05, 0) is 98.0 Å². The zero-order valence-electron chi connectivity index (χ0n) is 30.8. The third-order valence-corrected chi connectivity index (χ3v) is 20.4. The van der Waals surface area contributed by atoms with E-state index in [1.807, 2.05) is 0 Å². The summed E-state index contributed by atoms with van der Waals surface area (Å²) in [7, 11) is -2.31. The van der Waals surface area contributed by atoms with Gasteiger partial charge < -0.3 is 11.2 Å². The number of rotatable bonds is 11. The van der Waals surface area contributed by atoms with Crippen molar-refractivity contribution in [2.45, 2.75) is 38.2 Å². The van der Waals surface area contributed by atoms with Crippen molar-refractivity contribution in [2.24, 2.45) is 5.92 Å². The smallest absolute Gasteiger partial charge is 0.123 e. The Kier molecular flexibility index (Phi) is 15.1. The average Bonchev–Trinajstić information content (AvgIpc) is 3.21. The summed E-state index contributed by atoms with van der Waals surface area (Å²) in [4.78, 5) is 0. The van der Waals surface area contributed by atoms with Crippen molar-refractivity contribution in [3.8, 4) is 5.75 Å². The van der Waals surface area contributed by atoms with Crippen LogP contribution in [0.15, 0.2) is 176 Å².